The van der Waals surface area contributed by atoms with Gasteiger partial charge < -0.3 is 0 Å². The molecule has 4 atom stereocenters. The van der Waals surface area contributed by atoms with Crippen LogP contribution in [0.1, 0.15) is 38.2 Å². The number of rotatable bonds is 5. The summed E-state index contributed by atoms with van der Waals surface area (Å²) in [6.07, 6.45) is 5.00. The Hall–Kier alpha value is -0.940. The van der Waals surface area contributed by atoms with Gasteiger partial charge >= 0.3 is 0 Å². The molecule has 2 saturated carbocycles. The molecule has 2 aliphatic carbocycles. The summed E-state index contributed by atoms with van der Waals surface area (Å²) in [5.74, 6) is 1.55. The minimum atomic E-state index is -3.37. The van der Waals surface area contributed by atoms with Gasteiger partial charge in [0, 0.05) is 6.04 Å². The van der Waals surface area contributed by atoms with Gasteiger partial charge in [-0.2, -0.15) is 0 Å². The highest BCUT2D eigenvalue weighted by molar-refractivity contribution is 7.88. The second-order valence-electron chi connectivity index (χ2n) is 6.63. The molecule has 0 aliphatic heterocycles. The van der Waals surface area contributed by atoms with Crippen molar-refractivity contribution in [3.05, 3.63) is 35.6 Å². The third kappa shape index (κ3) is 3.46. The smallest absolute Gasteiger partial charge is 0.212 e. The molecule has 0 amide bonds. The fraction of sp³-hybridized carbons (Fsp3) is 0.625. The largest absolute Gasteiger partial charge is 0.216 e. The summed E-state index contributed by atoms with van der Waals surface area (Å²) >= 11 is 0. The van der Waals surface area contributed by atoms with Crippen molar-refractivity contribution < 1.29 is 12.8 Å². The Kier molecular flexibility index (Phi) is 4.06. The molecule has 3 nitrogen and oxygen atoms in total. The Morgan fingerprint density at radius 2 is 1.95 bits per heavy atom. The summed E-state index contributed by atoms with van der Waals surface area (Å²) in [6.45, 7) is 1.98. The van der Waals surface area contributed by atoms with Gasteiger partial charge in [-0.15, -0.1) is 0 Å². The molecule has 21 heavy (non-hydrogen) atoms. The van der Waals surface area contributed by atoms with E-state index >= 15 is 0 Å². The molecular weight excluding hydrogens is 289 g/mol. The summed E-state index contributed by atoms with van der Waals surface area (Å²) in [5.41, 5.74) is 0.615. The van der Waals surface area contributed by atoms with Crippen LogP contribution in [-0.2, 0) is 15.8 Å². The van der Waals surface area contributed by atoms with Crippen molar-refractivity contribution in [2.45, 2.75) is 44.4 Å². The first-order valence-electron chi connectivity index (χ1n) is 7.67. The summed E-state index contributed by atoms with van der Waals surface area (Å²) in [7, 11) is -3.37. The van der Waals surface area contributed by atoms with Crippen LogP contribution in [0.15, 0.2) is 24.3 Å². The van der Waals surface area contributed by atoms with E-state index in [4.69, 9.17) is 0 Å². The van der Waals surface area contributed by atoms with Gasteiger partial charge in [-0.3, -0.25) is 0 Å². The fourth-order valence-electron chi connectivity index (χ4n) is 4.12. The standard InChI is InChI=1S/C16H22FNO2S/c1-11(16-9-13-2-5-14(16)8-13)18-21(19,20)10-12-3-6-15(17)7-4-12/h3-4,6-7,11,13-14,16,18H,2,5,8-10H2,1H3. The van der Waals surface area contributed by atoms with Gasteiger partial charge in [0.25, 0.3) is 0 Å². The number of nitrogens with one attached hydrogen (secondary N) is 1. The highest BCUT2D eigenvalue weighted by Gasteiger charge is 2.42. The van der Waals surface area contributed by atoms with E-state index in [0.29, 0.717) is 17.4 Å². The Balaban J connectivity index is 1.61. The summed E-state index contributed by atoms with van der Waals surface area (Å²) in [4.78, 5) is 0. The molecule has 1 N–H and O–H groups in total. The first-order valence-corrected chi connectivity index (χ1v) is 9.32. The van der Waals surface area contributed by atoms with Crippen LogP contribution in [0.25, 0.3) is 0 Å². The van der Waals surface area contributed by atoms with E-state index in [2.05, 4.69) is 4.72 Å². The monoisotopic (exact) mass is 311 g/mol. The lowest BCUT2D eigenvalue weighted by molar-refractivity contribution is 0.280. The van der Waals surface area contributed by atoms with Gasteiger partial charge in [0.2, 0.25) is 10.0 Å². The third-order valence-electron chi connectivity index (χ3n) is 5.07. The molecule has 5 heteroatoms. The molecule has 4 unspecified atom stereocenters. The fourth-order valence-corrected chi connectivity index (χ4v) is 5.57. The van der Waals surface area contributed by atoms with Crippen molar-refractivity contribution in [1.82, 2.24) is 4.72 Å². The number of sulfonamides is 1. The summed E-state index contributed by atoms with van der Waals surface area (Å²) < 4.78 is 40.2. The zero-order chi connectivity index (χ0) is 15.0. The first-order chi connectivity index (χ1) is 9.93. The minimum Gasteiger partial charge on any atom is -0.212 e. The van der Waals surface area contributed by atoms with Gasteiger partial charge in [-0.25, -0.2) is 17.5 Å². The first kappa shape index (κ1) is 15.0. The molecule has 3 rings (SSSR count). The van der Waals surface area contributed by atoms with Crippen LogP contribution in [-0.4, -0.2) is 14.5 Å². The topological polar surface area (TPSA) is 46.2 Å². The predicted molar refractivity (Wildman–Crippen MR) is 80.6 cm³/mol. The van der Waals surface area contributed by atoms with Crippen molar-refractivity contribution in [3.8, 4) is 0 Å². The number of hydrogen-bond donors (Lipinski definition) is 1. The van der Waals surface area contributed by atoms with Crippen molar-refractivity contribution in [3.63, 3.8) is 0 Å². The van der Waals surface area contributed by atoms with E-state index in [1.54, 1.807) is 0 Å². The van der Waals surface area contributed by atoms with Crippen LogP contribution in [0.5, 0.6) is 0 Å². The maximum atomic E-state index is 12.9. The van der Waals surface area contributed by atoms with Gasteiger partial charge in [0.15, 0.2) is 0 Å². The SMILES string of the molecule is CC(NS(=O)(=O)Cc1ccc(F)cc1)C1CC2CCC1C2. The third-order valence-corrected chi connectivity index (χ3v) is 6.51. The zero-order valence-corrected chi connectivity index (χ0v) is 13.1. The number of benzene rings is 1. The van der Waals surface area contributed by atoms with E-state index in [1.165, 1.54) is 43.5 Å². The van der Waals surface area contributed by atoms with Gasteiger partial charge in [-0.05, 0) is 61.6 Å². The van der Waals surface area contributed by atoms with E-state index in [0.717, 1.165) is 12.3 Å². The highest BCUT2D eigenvalue weighted by Crippen LogP contribution is 2.49. The molecule has 1 aromatic carbocycles. The van der Waals surface area contributed by atoms with Crippen LogP contribution in [0.4, 0.5) is 4.39 Å². The number of halogens is 1. The van der Waals surface area contributed by atoms with E-state index in [1.807, 2.05) is 6.92 Å². The van der Waals surface area contributed by atoms with Crippen LogP contribution in [0.3, 0.4) is 0 Å². The second kappa shape index (κ2) is 5.69. The molecule has 2 bridgehead atoms. The number of hydrogen-bond acceptors (Lipinski definition) is 2. The maximum absolute atomic E-state index is 12.9. The second-order valence-corrected chi connectivity index (χ2v) is 8.38. The van der Waals surface area contributed by atoms with E-state index in [9.17, 15) is 12.8 Å². The van der Waals surface area contributed by atoms with Crippen LogP contribution >= 0.6 is 0 Å². The van der Waals surface area contributed by atoms with Gasteiger partial charge in [0.1, 0.15) is 5.82 Å². The summed E-state index contributed by atoms with van der Waals surface area (Å²) in [5, 5.41) is 0. The van der Waals surface area contributed by atoms with Crippen molar-refractivity contribution in [1.29, 1.82) is 0 Å². The molecule has 0 spiro atoms. The Morgan fingerprint density at radius 1 is 1.24 bits per heavy atom. The van der Waals surface area contributed by atoms with Crippen molar-refractivity contribution >= 4 is 10.0 Å². The lowest BCUT2D eigenvalue weighted by atomic mass is 9.84. The van der Waals surface area contributed by atoms with Crippen LogP contribution in [0.2, 0.25) is 0 Å². The molecule has 0 radical (unpaired) electrons. The molecular formula is C16H22FNO2S. The van der Waals surface area contributed by atoms with E-state index < -0.39 is 10.0 Å². The molecule has 0 aromatic heterocycles. The average molecular weight is 311 g/mol. The predicted octanol–water partition coefficient (Wildman–Crippen LogP) is 3.07. The molecule has 116 valence electrons. The minimum absolute atomic E-state index is 0.00857. The molecule has 0 heterocycles. The quantitative estimate of drug-likeness (QED) is 0.908. The molecule has 2 aliphatic rings. The van der Waals surface area contributed by atoms with Crippen molar-refractivity contribution in [2.24, 2.45) is 17.8 Å². The summed E-state index contributed by atoms with van der Waals surface area (Å²) in [6, 6.07) is 5.63. The lowest BCUT2D eigenvalue weighted by Gasteiger charge is -2.28. The lowest BCUT2D eigenvalue weighted by Crippen LogP contribution is -2.40. The van der Waals surface area contributed by atoms with Crippen LogP contribution < -0.4 is 4.72 Å². The van der Waals surface area contributed by atoms with Crippen molar-refractivity contribution in [2.75, 3.05) is 0 Å². The van der Waals surface area contributed by atoms with Gasteiger partial charge in [0.05, 0.1) is 5.75 Å². The van der Waals surface area contributed by atoms with E-state index in [-0.39, 0.29) is 17.6 Å². The maximum Gasteiger partial charge on any atom is 0.216 e. The molecule has 2 fully saturated rings. The molecule has 0 saturated heterocycles. The Bertz CT molecular complexity index is 599. The van der Waals surface area contributed by atoms with Crippen LogP contribution in [0, 0.1) is 23.6 Å². The Labute approximate surface area is 126 Å². The highest BCUT2D eigenvalue weighted by atomic mass is 32.2. The molecule has 1 aromatic rings. The zero-order valence-electron chi connectivity index (χ0n) is 12.3. The Morgan fingerprint density at radius 3 is 2.52 bits per heavy atom. The average Bonchev–Trinajstić information content (AvgIpc) is 3.03. The number of fused-ring (bicyclic) bond motifs is 2. The normalized spacial score (nSPS) is 29.7. The van der Waals surface area contributed by atoms with Gasteiger partial charge in [-0.1, -0.05) is 18.6 Å².